The lowest BCUT2D eigenvalue weighted by Gasteiger charge is -2.11. The van der Waals surface area contributed by atoms with E-state index in [1.165, 1.54) is 5.56 Å². The highest BCUT2D eigenvalue weighted by molar-refractivity contribution is 7.15. The maximum atomic E-state index is 9.53. The van der Waals surface area contributed by atoms with E-state index in [-0.39, 0.29) is 6.10 Å². The zero-order valence-electron chi connectivity index (χ0n) is 10.3. The fourth-order valence-electron chi connectivity index (χ4n) is 2.14. The van der Waals surface area contributed by atoms with Crippen LogP contribution in [-0.2, 0) is 6.42 Å². The van der Waals surface area contributed by atoms with Crippen LogP contribution in [0.15, 0.2) is 24.3 Å². The van der Waals surface area contributed by atoms with E-state index in [1.54, 1.807) is 11.3 Å². The van der Waals surface area contributed by atoms with Crippen molar-refractivity contribution >= 4 is 28.1 Å². The molecule has 0 saturated carbocycles. The summed E-state index contributed by atoms with van der Waals surface area (Å²) < 4.78 is 0. The van der Waals surface area contributed by atoms with E-state index < -0.39 is 0 Å². The molecule has 0 radical (unpaired) electrons. The Hall–Kier alpha value is -1.17. The zero-order valence-corrected chi connectivity index (χ0v) is 11.9. The van der Waals surface area contributed by atoms with Crippen molar-refractivity contribution in [2.24, 2.45) is 0 Å². The quantitative estimate of drug-likeness (QED) is 0.944. The minimum Gasteiger partial charge on any atom is -0.391 e. The molecule has 1 N–H and O–H groups in total. The number of aromatic nitrogens is 2. The van der Waals surface area contributed by atoms with Gasteiger partial charge in [0, 0.05) is 24.5 Å². The second-order valence-corrected chi connectivity index (χ2v) is 6.15. The molecule has 3 rings (SSSR count). The third-order valence-corrected chi connectivity index (χ3v) is 4.39. The number of hydrogen-bond donors (Lipinski definition) is 1. The fourth-order valence-corrected chi connectivity index (χ4v) is 3.17. The molecule has 1 aliphatic rings. The molecule has 2 aromatic rings. The predicted octanol–water partition coefficient (Wildman–Crippen LogP) is 2.35. The Morgan fingerprint density at radius 3 is 2.79 bits per heavy atom. The summed E-state index contributed by atoms with van der Waals surface area (Å²) >= 11 is 7.45. The van der Waals surface area contributed by atoms with Crippen LogP contribution in [0.5, 0.6) is 0 Å². The van der Waals surface area contributed by atoms with Crippen molar-refractivity contribution in [2.75, 3.05) is 18.0 Å². The van der Waals surface area contributed by atoms with Crippen molar-refractivity contribution < 1.29 is 5.11 Å². The first-order chi connectivity index (χ1) is 9.20. The van der Waals surface area contributed by atoms with Gasteiger partial charge in [0.25, 0.3) is 0 Å². The van der Waals surface area contributed by atoms with Crippen LogP contribution in [0, 0.1) is 0 Å². The van der Waals surface area contributed by atoms with Gasteiger partial charge in [-0.1, -0.05) is 35.1 Å². The average Bonchev–Trinajstić information content (AvgIpc) is 3.01. The van der Waals surface area contributed by atoms with E-state index in [9.17, 15) is 5.11 Å². The number of halogens is 1. The average molecular weight is 296 g/mol. The number of rotatable bonds is 3. The Morgan fingerprint density at radius 2 is 2.11 bits per heavy atom. The van der Waals surface area contributed by atoms with Crippen molar-refractivity contribution in [2.45, 2.75) is 18.9 Å². The van der Waals surface area contributed by atoms with Crippen molar-refractivity contribution in [3.8, 4) is 0 Å². The molecule has 0 unspecified atom stereocenters. The third kappa shape index (κ3) is 3.05. The second-order valence-electron chi connectivity index (χ2n) is 4.67. The van der Waals surface area contributed by atoms with Crippen LogP contribution in [0.3, 0.4) is 0 Å². The highest BCUT2D eigenvalue weighted by Crippen LogP contribution is 2.25. The molecule has 4 nitrogen and oxygen atoms in total. The molecule has 1 aliphatic heterocycles. The van der Waals surface area contributed by atoms with Crippen LogP contribution < -0.4 is 4.90 Å². The van der Waals surface area contributed by atoms with Gasteiger partial charge in [-0.2, -0.15) is 0 Å². The monoisotopic (exact) mass is 295 g/mol. The zero-order chi connectivity index (χ0) is 13.2. The van der Waals surface area contributed by atoms with Crippen LogP contribution in [0.25, 0.3) is 0 Å². The van der Waals surface area contributed by atoms with Gasteiger partial charge >= 0.3 is 0 Å². The lowest BCUT2D eigenvalue weighted by atomic mass is 10.2. The number of hydrogen-bond acceptors (Lipinski definition) is 5. The minimum absolute atomic E-state index is 0.233. The lowest BCUT2D eigenvalue weighted by Crippen LogP contribution is -2.20. The summed E-state index contributed by atoms with van der Waals surface area (Å²) in [4.78, 5) is 2.09. The SMILES string of the molecule is O[C@H]1CCN(c2nnc(Cc3ccc(Cl)cc3)s2)C1. The topological polar surface area (TPSA) is 49.2 Å². The van der Waals surface area contributed by atoms with E-state index in [0.29, 0.717) is 6.54 Å². The first kappa shape index (κ1) is 12.8. The van der Waals surface area contributed by atoms with Gasteiger partial charge in [-0.05, 0) is 24.1 Å². The molecule has 0 spiro atoms. The molecule has 0 amide bonds. The van der Waals surface area contributed by atoms with Gasteiger partial charge in [0.2, 0.25) is 5.13 Å². The summed E-state index contributed by atoms with van der Waals surface area (Å²) in [6.45, 7) is 1.52. The molecule has 100 valence electrons. The van der Waals surface area contributed by atoms with Crippen molar-refractivity contribution in [1.82, 2.24) is 10.2 Å². The number of nitrogens with zero attached hydrogens (tertiary/aromatic N) is 3. The fraction of sp³-hybridized carbons (Fsp3) is 0.385. The summed E-state index contributed by atoms with van der Waals surface area (Å²) in [5, 5.41) is 20.6. The van der Waals surface area contributed by atoms with Gasteiger partial charge < -0.3 is 10.0 Å². The molecule has 1 aromatic heterocycles. The van der Waals surface area contributed by atoms with Crippen LogP contribution in [0.4, 0.5) is 5.13 Å². The molecule has 0 aliphatic carbocycles. The molecule has 19 heavy (non-hydrogen) atoms. The van der Waals surface area contributed by atoms with E-state index in [2.05, 4.69) is 15.1 Å². The molecule has 1 atom stereocenters. The molecular weight excluding hydrogens is 282 g/mol. The normalized spacial score (nSPS) is 19.1. The van der Waals surface area contributed by atoms with E-state index in [0.717, 1.165) is 34.5 Å². The van der Waals surface area contributed by atoms with Crippen LogP contribution in [0.1, 0.15) is 17.0 Å². The molecular formula is C13H14ClN3OS. The third-order valence-electron chi connectivity index (χ3n) is 3.16. The molecule has 2 heterocycles. The maximum Gasteiger partial charge on any atom is 0.208 e. The largest absolute Gasteiger partial charge is 0.391 e. The minimum atomic E-state index is -0.233. The Kier molecular flexibility index (Phi) is 3.68. The predicted molar refractivity (Wildman–Crippen MR) is 77.0 cm³/mol. The molecule has 6 heteroatoms. The number of benzene rings is 1. The Bertz CT molecular complexity index is 557. The van der Waals surface area contributed by atoms with Crippen molar-refractivity contribution in [3.05, 3.63) is 39.9 Å². The van der Waals surface area contributed by atoms with Gasteiger partial charge in [0.15, 0.2) is 0 Å². The summed E-state index contributed by atoms with van der Waals surface area (Å²) in [7, 11) is 0. The van der Waals surface area contributed by atoms with Crippen LogP contribution >= 0.6 is 22.9 Å². The van der Waals surface area contributed by atoms with Gasteiger partial charge in [0.1, 0.15) is 5.01 Å². The van der Waals surface area contributed by atoms with Gasteiger partial charge in [-0.3, -0.25) is 0 Å². The smallest absolute Gasteiger partial charge is 0.208 e. The standard InChI is InChI=1S/C13H14ClN3OS/c14-10-3-1-9(2-4-10)7-12-15-16-13(19-12)17-6-5-11(18)8-17/h1-4,11,18H,5-8H2/t11-/m0/s1. The number of anilines is 1. The van der Waals surface area contributed by atoms with Gasteiger partial charge in [0.05, 0.1) is 6.10 Å². The van der Waals surface area contributed by atoms with E-state index >= 15 is 0 Å². The first-order valence-electron chi connectivity index (χ1n) is 6.20. The summed E-state index contributed by atoms with van der Waals surface area (Å²) in [6.07, 6.45) is 1.35. The molecule has 0 bridgehead atoms. The molecule has 1 aromatic carbocycles. The number of β-amino-alcohol motifs (C(OH)–C–C–N with tert-alkyl or cyclic N) is 1. The molecule has 1 saturated heterocycles. The number of aliphatic hydroxyl groups is 1. The summed E-state index contributed by atoms with van der Waals surface area (Å²) in [6, 6.07) is 7.78. The van der Waals surface area contributed by atoms with Gasteiger partial charge in [-0.15, -0.1) is 10.2 Å². The second kappa shape index (κ2) is 5.45. The first-order valence-corrected chi connectivity index (χ1v) is 7.40. The maximum absolute atomic E-state index is 9.53. The highest BCUT2D eigenvalue weighted by Gasteiger charge is 2.23. The Balaban J connectivity index is 1.69. The van der Waals surface area contributed by atoms with E-state index in [1.807, 2.05) is 24.3 Å². The van der Waals surface area contributed by atoms with Crippen LogP contribution in [0.2, 0.25) is 5.02 Å². The Morgan fingerprint density at radius 1 is 1.32 bits per heavy atom. The van der Waals surface area contributed by atoms with E-state index in [4.69, 9.17) is 11.6 Å². The highest BCUT2D eigenvalue weighted by atomic mass is 35.5. The molecule has 1 fully saturated rings. The summed E-state index contributed by atoms with van der Waals surface area (Å²) in [5.74, 6) is 0. The Labute approximate surface area is 120 Å². The van der Waals surface area contributed by atoms with Crippen LogP contribution in [-0.4, -0.2) is 34.5 Å². The summed E-state index contributed by atoms with van der Waals surface area (Å²) in [5.41, 5.74) is 1.17. The number of aliphatic hydroxyl groups excluding tert-OH is 1. The van der Waals surface area contributed by atoms with Gasteiger partial charge in [-0.25, -0.2) is 0 Å². The van der Waals surface area contributed by atoms with Crippen molar-refractivity contribution in [1.29, 1.82) is 0 Å². The lowest BCUT2D eigenvalue weighted by molar-refractivity contribution is 0.198. The van der Waals surface area contributed by atoms with Crippen molar-refractivity contribution in [3.63, 3.8) is 0 Å².